The van der Waals surface area contributed by atoms with E-state index < -0.39 is 9.84 Å². The van der Waals surface area contributed by atoms with Crippen LogP contribution in [-0.2, 0) is 16.3 Å². The topological polar surface area (TPSA) is 37.4 Å². The van der Waals surface area contributed by atoms with Crippen LogP contribution in [0, 0.1) is 11.8 Å². The van der Waals surface area contributed by atoms with Crippen LogP contribution in [0.4, 0.5) is 0 Å². The second-order valence-electron chi connectivity index (χ2n) is 8.14. The normalized spacial score (nSPS) is 27.6. The Bertz CT molecular complexity index is 636. The van der Waals surface area contributed by atoms with E-state index >= 15 is 0 Å². The molecule has 3 nitrogen and oxygen atoms in total. The van der Waals surface area contributed by atoms with Gasteiger partial charge in [-0.15, -0.1) is 0 Å². The highest BCUT2D eigenvalue weighted by molar-refractivity contribution is 7.91. The smallest absolute Gasteiger partial charge is 0.150 e. The monoisotopic (exact) mass is 349 g/mol. The third-order valence-corrected chi connectivity index (χ3v) is 7.50. The Hall–Kier alpha value is -0.870. The minimum absolute atomic E-state index is 0.354. The lowest BCUT2D eigenvalue weighted by Gasteiger charge is -2.26. The zero-order chi connectivity index (χ0) is 17.2. The fourth-order valence-electron chi connectivity index (χ4n) is 4.24. The van der Waals surface area contributed by atoms with Gasteiger partial charge in [0.2, 0.25) is 0 Å². The molecule has 1 aromatic carbocycles. The molecule has 2 heterocycles. The molecule has 2 unspecified atom stereocenters. The molecule has 0 N–H and O–H groups in total. The Morgan fingerprint density at radius 3 is 2.54 bits per heavy atom. The average molecular weight is 350 g/mol. The van der Waals surface area contributed by atoms with E-state index in [1.165, 1.54) is 17.5 Å². The van der Waals surface area contributed by atoms with Crippen LogP contribution in [0.3, 0.4) is 0 Å². The van der Waals surface area contributed by atoms with Gasteiger partial charge in [0.15, 0.2) is 9.84 Å². The highest BCUT2D eigenvalue weighted by atomic mass is 32.2. The number of nitrogens with zero attached hydrogens (tertiary/aromatic N) is 1. The summed E-state index contributed by atoms with van der Waals surface area (Å²) in [6.07, 6.45) is 4.33. The molecule has 0 aromatic heterocycles. The third kappa shape index (κ3) is 4.82. The number of hydrogen-bond acceptors (Lipinski definition) is 3. The fourth-order valence-corrected chi connectivity index (χ4v) is 6.01. The van der Waals surface area contributed by atoms with Crippen LogP contribution in [-0.4, -0.2) is 44.5 Å². The molecule has 2 fully saturated rings. The van der Waals surface area contributed by atoms with Gasteiger partial charge < -0.3 is 4.90 Å². The maximum atomic E-state index is 11.8. The molecule has 0 spiro atoms. The van der Waals surface area contributed by atoms with E-state index in [1.807, 2.05) is 0 Å². The molecule has 134 valence electrons. The van der Waals surface area contributed by atoms with Gasteiger partial charge in [-0.25, -0.2) is 8.42 Å². The van der Waals surface area contributed by atoms with Crippen molar-refractivity contribution in [2.45, 2.75) is 45.4 Å². The van der Waals surface area contributed by atoms with E-state index in [9.17, 15) is 8.42 Å². The highest BCUT2D eigenvalue weighted by Crippen LogP contribution is 2.25. The molecule has 2 aliphatic rings. The summed E-state index contributed by atoms with van der Waals surface area (Å²) < 4.78 is 23.6. The van der Waals surface area contributed by atoms with Crippen molar-refractivity contribution in [3.8, 4) is 0 Å². The summed E-state index contributed by atoms with van der Waals surface area (Å²) in [7, 11) is -2.77. The number of rotatable bonds is 5. The van der Waals surface area contributed by atoms with E-state index in [1.54, 1.807) is 0 Å². The van der Waals surface area contributed by atoms with Crippen molar-refractivity contribution in [1.29, 1.82) is 0 Å². The van der Waals surface area contributed by atoms with Crippen LogP contribution >= 0.6 is 0 Å². The molecular weight excluding hydrogens is 318 g/mol. The number of hydrogen-bond donors (Lipinski definition) is 0. The first-order chi connectivity index (χ1) is 11.4. The lowest BCUT2D eigenvalue weighted by atomic mass is 9.95. The number of likely N-dealkylation sites (tertiary alicyclic amines) is 1. The van der Waals surface area contributed by atoms with Crippen molar-refractivity contribution in [3.63, 3.8) is 0 Å². The summed E-state index contributed by atoms with van der Waals surface area (Å²) in [5, 5.41) is 0. The molecule has 24 heavy (non-hydrogen) atoms. The largest absolute Gasteiger partial charge is 0.303 e. The SMILES string of the molecule is CC(C)c1ccc(CC2CCN(CC3CCCS(=O)(=O)C3)C2)cc1. The summed E-state index contributed by atoms with van der Waals surface area (Å²) in [6.45, 7) is 7.69. The molecule has 1 aromatic rings. The third-order valence-electron chi connectivity index (χ3n) is 5.61. The van der Waals surface area contributed by atoms with E-state index in [0.29, 0.717) is 23.3 Å². The van der Waals surface area contributed by atoms with Gasteiger partial charge >= 0.3 is 0 Å². The van der Waals surface area contributed by atoms with Crippen LogP contribution in [0.25, 0.3) is 0 Å². The molecule has 2 aliphatic heterocycles. The maximum Gasteiger partial charge on any atom is 0.150 e. The molecule has 2 atom stereocenters. The predicted octanol–water partition coefficient (Wildman–Crippen LogP) is 3.50. The van der Waals surface area contributed by atoms with Crippen LogP contribution in [0.1, 0.15) is 50.2 Å². The van der Waals surface area contributed by atoms with Crippen molar-refractivity contribution >= 4 is 9.84 Å². The summed E-state index contributed by atoms with van der Waals surface area (Å²) in [5.74, 6) is 2.47. The van der Waals surface area contributed by atoms with Crippen molar-refractivity contribution in [3.05, 3.63) is 35.4 Å². The van der Waals surface area contributed by atoms with Gasteiger partial charge in [0.1, 0.15) is 0 Å². The average Bonchev–Trinajstić information content (AvgIpc) is 2.94. The van der Waals surface area contributed by atoms with Gasteiger partial charge in [-0.1, -0.05) is 38.1 Å². The van der Waals surface area contributed by atoms with Gasteiger partial charge in [0.05, 0.1) is 11.5 Å². The predicted molar refractivity (Wildman–Crippen MR) is 100 cm³/mol. The summed E-state index contributed by atoms with van der Waals surface area (Å²) in [4.78, 5) is 2.50. The Balaban J connectivity index is 1.48. The summed E-state index contributed by atoms with van der Waals surface area (Å²) >= 11 is 0. The van der Waals surface area contributed by atoms with Crippen LogP contribution in [0.5, 0.6) is 0 Å². The summed E-state index contributed by atoms with van der Waals surface area (Å²) in [5.41, 5.74) is 2.84. The quantitative estimate of drug-likeness (QED) is 0.816. The molecule has 2 saturated heterocycles. The van der Waals surface area contributed by atoms with Crippen LogP contribution in [0.15, 0.2) is 24.3 Å². The molecule has 0 aliphatic carbocycles. The van der Waals surface area contributed by atoms with Gasteiger partial charge in [-0.05, 0) is 61.1 Å². The Kier molecular flexibility index (Phi) is 5.66. The van der Waals surface area contributed by atoms with Crippen molar-refractivity contribution < 1.29 is 8.42 Å². The van der Waals surface area contributed by atoms with Crippen LogP contribution in [0.2, 0.25) is 0 Å². The van der Waals surface area contributed by atoms with Gasteiger partial charge in [0, 0.05) is 13.1 Å². The molecular formula is C20H31NO2S. The molecule has 4 heteroatoms. The van der Waals surface area contributed by atoms with Crippen molar-refractivity contribution in [1.82, 2.24) is 4.90 Å². The second-order valence-corrected chi connectivity index (χ2v) is 10.4. The lowest BCUT2D eigenvalue weighted by Crippen LogP contribution is -2.35. The zero-order valence-corrected chi connectivity index (χ0v) is 15.9. The lowest BCUT2D eigenvalue weighted by molar-refractivity contribution is 0.267. The second kappa shape index (κ2) is 7.57. The van der Waals surface area contributed by atoms with Crippen molar-refractivity contribution in [2.24, 2.45) is 11.8 Å². The molecule has 0 bridgehead atoms. The van der Waals surface area contributed by atoms with Gasteiger partial charge in [-0.3, -0.25) is 0 Å². The zero-order valence-electron chi connectivity index (χ0n) is 15.1. The van der Waals surface area contributed by atoms with E-state index in [-0.39, 0.29) is 0 Å². The molecule has 0 saturated carbocycles. The molecule has 0 radical (unpaired) electrons. The summed E-state index contributed by atoms with van der Waals surface area (Å²) in [6, 6.07) is 9.09. The van der Waals surface area contributed by atoms with Gasteiger partial charge in [-0.2, -0.15) is 0 Å². The first-order valence-electron chi connectivity index (χ1n) is 9.43. The Morgan fingerprint density at radius 2 is 1.88 bits per heavy atom. The van der Waals surface area contributed by atoms with E-state index in [4.69, 9.17) is 0 Å². The van der Waals surface area contributed by atoms with Gasteiger partial charge in [0.25, 0.3) is 0 Å². The Morgan fingerprint density at radius 1 is 1.12 bits per heavy atom. The number of benzene rings is 1. The first kappa shape index (κ1) is 17.9. The molecule has 0 amide bonds. The highest BCUT2D eigenvalue weighted by Gasteiger charge is 2.29. The fraction of sp³-hybridized carbons (Fsp3) is 0.700. The van der Waals surface area contributed by atoms with Crippen molar-refractivity contribution in [2.75, 3.05) is 31.1 Å². The Labute approximate surface area is 147 Å². The van der Waals surface area contributed by atoms with E-state index in [2.05, 4.69) is 43.0 Å². The maximum absolute atomic E-state index is 11.8. The minimum Gasteiger partial charge on any atom is -0.303 e. The standard InChI is InChI=1S/C20H31NO2S/c1-16(2)20-7-5-17(6-8-20)12-18-9-10-21(13-18)14-19-4-3-11-24(22,23)15-19/h5-8,16,18-19H,3-4,9-15H2,1-2H3. The number of sulfone groups is 1. The first-order valence-corrected chi connectivity index (χ1v) is 11.2. The van der Waals surface area contributed by atoms with E-state index in [0.717, 1.165) is 44.8 Å². The minimum atomic E-state index is -2.77. The molecule has 3 rings (SSSR count). The van der Waals surface area contributed by atoms with Crippen LogP contribution < -0.4 is 0 Å².